The maximum absolute atomic E-state index is 12.3. The molecule has 1 saturated heterocycles. The molecular formula is C14H17BrN2O4. The number of aliphatic hydroxyl groups excluding tert-OH is 1. The van der Waals surface area contributed by atoms with Gasteiger partial charge in [-0.1, -0.05) is 28.1 Å². The summed E-state index contributed by atoms with van der Waals surface area (Å²) >= 11 is 3.34. The number of aliphatic hydroxyl groups is 1. The monoisotopic (exact) mass is 356 g/mol. The summed E-state index contributed by atoms with van der Waals surface area (Å²) in [4.78, 5) is 26.2. The fourth-order valence-corrected chi connectivity index (χ4v) is 2.67. The number of carboxylic acids is 1. The minimum Gasteiger partial charge on any atom is -0.480 e. The van der Waals surface area contributed by atoms with Gasteiger partial charge >= 0.3 is 12.0 Å². The molecule has 2 N–H and O–H groups in total. The number of halogens is 1. The number of likely N-dealkylation sites (tertiary alicyclic amines) is 1. The van der Waals surface area contributed by atoms with E-state index in [1.807, 2.05) is 24.3 Å². The van der Waals surface area contributed by atoms with Crippen molar-refractivity contribution in [2.75, 3.05) is 13.6 Å². The van der Waals surface area contributed by atoms with Gasteiger partial charge < -0.3 is 20.0 Å². The Labute approximate surface area is 131 Å². The van der Waals surface area contributed by atoms with E-state index < -0.39 is 18.1 Å². The van der Waals surface area contributed by atoms with Crippen LogP contribution in [0.5, 0.6) is 0 Å². The Balaban J connectivity index is 2.04. The average Bonchev–Trinajstić information content (AvgIpc) is 2.82. The van der Waals surface area contributed by atoms with Crippen LogP contribution in [0.4, 0.5) is 4.79 Å². The van der Waals surface area contributed by atoms with Crippen molar-refractivity contribution in [3.8, 4) is 0 Å². The number of carbonyl (C=O) groups excluding carboxylic acids is 1. The predicted octanol–water partition coefficient (Wildman–Crippen LogP) is 1.52. The fraction of sp³-hybridized carbons (Fsp3) is 0.429. The van der Waals surface area contributed by atoms with E-state index in [9.17, 15) is 14.7 Å². The van der Waals surface area contributed by atoms with Gasteiger partial charge in [-0.15, -0.1) is 0 Å². The number of amides is 2. The molecule has 1 heterocycles. The van der Waals surface area contributed by atoms with E-state index in [1.54, 1.807) is 7.05 Å². The number of carboxylic acid groups (broad SMARTS) is 1. The molecule has 1 aromatic rings. The van der Waals surface area contributed by atoms with Crippen molar-refractivity contribution in [2.45, 2.75) is 25.1 Å². The minimum absolute atomic E-state index is 0.0560. The van der Waals surface area contributed by atoms with Crippen LogP contribution in [0.1, 0.15) is 12.0 Å². The number of rotatable bonds is 3. The maximum Gasteiger partial charge on any atom is 0.326 e. The SMILES string of the molecule is CN(Cc1ccc(Br)cc1)C(=O)N1CC(O)CC1C(=O)O. The van der Waals surface area contributed by atoms with Gasteiger partial charge in [0, 0.05) is 31.0 Å². The molecule has 2 atom stereocenters. The molecule has 1 aromatic carbocycles. The fourth-order valence-electron chi connectivity index (χ4n) is 2.41. The smallest absolute Gasteiger partial charge is 0.326 e. The number of hydrogen-bond acceptors (Lipinski definition) is 3. The van der Waals surface area contributed by atoms with Crippen LogP contribution in [0.25, 0.3) is 0 Å². The average molecular weight is 357 g/mol. The van der Waals surface area contributed by atoms with Gasteiger partial charge in [0.2, 0.25) is 0 Å². The Morgan fingerprint density at radius 1 is 1.38 bits per heavy atom. The van der Waals surface area contributed by atoms with Crippen LogP contribution >= 0.6 is 15.9 Å². The van der Waals surface area contributed by atoms with Crippen LogP contribution in [0.2, 0.25) is 0 Å². The third-order valence-corrected chi connectivity index (χ3v) is 4.00. The van der Waals surface area contributed by atoms with Crippen LogP contribution < -0.4 is 0 Å². The predicted molar refractivity (Wildman–Crippen MR) is 79.8 cm³/mol. The van der Waals surface area contributed by atoms with Crippen molar-refractivity contribution in [3.63, 3.8) is 0 Å². The molecular weight excluding hydrogens is 340 g/mol. The van der Waals surface area contributed by atoms with E-state index in [0.717, 1.165) is 10.0 Å². The first-order valence-corrected chi connectivity index (χ1v) is 7.35. The molecule has 0 spiro atoms. The molecule has 1 aliphatic rings. The molecule has 1 aliphatic heterocycles. The Bertz CT molecular complexity index is 534. The molecule has 0 aromatic heterocycles. The highest BCUT2D eigenvalue weighted by Gasteiger charge is 2.39. The van der Waals surface area contributed by atoms with Crippen LogP contribution in [-0.4, -0.2) is 57.8 Å². The van der Waals surface area contributed by atoms with Gasteiger partial charge in [-0.25, -0.2) is 9.59 Å². The highest BCUT2D eigenvalue weighted by Crippen LogP contribution is 2.20. The lowest BCUT2D eigenvalue weighted by molar-refractivity contribution is -0.141. The molecule has 114 valence electrons. The van der Waals surface area contributed by atoms with Crippen LogP contribution in [0.3, 0.4) is 0 Å². The van der Waals surface area contributed by atoms with Crippen molar-refractivity contribution in [1.29, 1.82) is 0 Å². The molecule has 1 fully saturated rings. The summed E-state index contributed by atoms with van der Waals surface area (Å²) in [5.74, 6) is -1.09. The van der Waals surface area contributed by atoms with E-state index >= 15 is 0 Å². The van der Waals surface area contributed by atoms with E-state index in [1.165, 1.54) is 9.80 Å². The van der Waals surface area contributed by atoms with Gasteiger partial charge in [0.05, 0.1) is 6.10 Å². The second-order valence-electron chi connectivity index (χ2n) is 5.16. The molecule has 0 saturated carbocycles. The van der Waals surface area contributed by atoms with Crippen molar-refractivity contribution in [2.24, 2.45) is 0 Å². The summed E-state index contributed by atoms with van der Waals surface area (Å²) < 4.78 is 0.953. The summed E-state index contributed by atoms with van der Waals surface area (Å²) in [5, 5.41) is 18.7. The zero-order valence-electron chi connectivity index (χ0n) is 11.6. The first-order chi connectivity index (χ1) is 9.88. The van der Waals surface area contributed by atoms with Gasteiger partial charge in [0.15, 0.2) is 0 Å². The largest absolute Gasteiger partial charge is 0.480 e. The van der Waals surface area contributed by atoms with Crippen molar-refractivity contribution in [3.05, 3.63) is 34.3 Å². The highest BCUT2D eigenvalue weighted by atomic mass is 79.9. The molecule has 21 heavy (non-hydrogen) atoms. The number of urea groups is 1. The van der Waals surface area contributed by atoms with Crippen molar-refractivity contribution < 1.29 is 19.8 Å². The van der Waals surface area contributed by atoms with Crippen molar-refractivity contribution >= 4 is 27.9 Å². The van der Waals surface area contributed by atoms with E-state index in [4.69, 9.17) is 5.11 Å². The lowest BCUT2D eigenvalue weighted by Crippen LogP contribution is -2.46. The molecule has 2 rings (SSSR count). The molecule has 6 nitrogen and oxygen atoms in total. The second kappa shape index (κ2) is 6.44. The Kier molecular flexibility index (Phi) is 4.84. The summed E-state index contributed by atoms with van der Waals surface area (Å²) in [6.45, 7) is 0.436. The molecule has 0 aliphatic carbocycles. The first kappa shape index (κ1) is 15.8. The number of hydrogen-bond donors (Lipinski definition) is 2. The molecule has 2 unspecified atom stereocenters. The van der Waals surface area contributed by atoms with Gasteiger partial charge in [-0.2, -0.15) is 0 Å². The van der Waals surface area contributed by atoms with E-state index in [0.29, 0.717) is 6.54 Å². The Morgan fingerprint density at radius 3 is 2.57 bits per heavy atom. The summed E-state index contributed by atoms with van der Waals surface area (Å²) in [6, 6.07) is 6.20. The molecule has 2 amide bonds. The lowest BCUT2D eigenvalue weighted by atomic mass is 10.2. The van der Waals surface area contributed by atoms with Gasteiger partial charge in [-0.05, 0) is 17.7 Å². The standard InChI is InChI=1S/C14H17BrN2O4/c1-16(7-9-2-4-10(15)5-3-9)14(21)17-8-11(18)6-12(17)13(19)20/h2-5,11-12,18H,6-8H2,1H3,(H,19,20). The quantitative estimate of drug-likeness (QED) is 0.860. The zero-order valence-corrected chi connectivity index (χ0v) is 13.2. The first-order valence-electron chi connectivity index (χ1n) is 6.55. The second-order valence-corrected chi connectivity index (χ2v) is 6.08. The number of β-amino-alcohol motifs (C(OH)–C–C–N with tert-alkyl or cyclic N) is 1. The molecule has 7 heteroatoms. The summed E-state index contributed by atoms with van der Waals surface area (Å²) in [7, 11) is 1.62. The normalized spacial score (nSPS) is 21.4. The van der Waals surface area contributed by atoms with Gasteiger partial charge in [-0.3, -0.25) is 0 Å². The number of benzene rings is 1. The van der Waals surface area contributed by atoms with Crippen LogP contribution in [0, 0.1) is 0 Å². The van der Waals surface area contributed by atoms with E-state index in [2.05, 4.69) is 15.9 Å². The summed E-state index contributed by atoms with van der Waals surface area (Å²) in [5.41, 5.74) is 0.945. The number of nitrogens with zero attached hydrogens (tertiary/aromatic N) is 2. The van der Waals surface area contributed by atoms with E-state index in [-0.39, 0.29) is 19.0 Å². The minimum atomic E-state index is -1.09. The summed E-state index contributed by atoms with van der Waals surface area (Å²) in [6.07, 6.45) is -0.705. The van der Waals surface area contributed by atoms with Gasteiger partial charge in [0.1, 0.15) is 6.04 Å². The highest BCUT2D eigenvalue weighted by molar-refractivity contribution is 9.10. The molecule has 0 radical (unpaired) electrons. The van der Waals surface area contributed by atoms with Gasteiger partial charge in [0.25, 0.3) is 0 Å². The topological polar surface area (TPSA) is 81.1 Å². The third kappa shape index (κ3) is 3.74. The van der Waals surface area contributed by atoms with Crippen LogP contribution in [0.15, 0.2) is 28.7 Å². The Morgan fingerprint density at radius 2 is 2.00 bits per heavy atom. The zero-order chi connectivity index (χ0) is 15.6. The van der Waals surface area contributed by atoms with Crippen molar-refractivity contribution in [1.82, 2.24) is 9.80 Å². The molecule has 0 bridgehead atoms. The van der Waals surface area contributed by atoms with Crippen LogP contribution in [-0.2, 0) is 11.3 Å². The number of aliphatic carboxylic acids is 1. The Hall–Kier alpha value is -1.60. The maximum atomic E-state index is 12.3. The lowest BCUT2D eigenvalue weighted by Gasteiger charge is -2.27. The number of carbonyl (C=O) groups is 2. The third-order valence-electron chi connectivity index (χ3n) is 3.47.